The van der Waals surface area contributed by atoms with Crippen LogP contribution in [0.2, 0.25) is 0 Å². The minimum Gasteiger partial charge on any atom is -0.283 e. The van der Waals surface area contributed by atoms with Gasteiger partial charge in [0.25, 0.3) is 5.78 Å². The molecule has 0 bridgehead atoms. The second-order valence-corrected chi connectivity index (χ2v) is 3.68. The molecule has 0 fully saturated rings. The summed E-state index contributed by atoms with van der Waals surface area (Å²) in [6.07, 6.45) is -5.16. The molecule has 114 valence electrons. The van der Waals surface area contributed by atoms with Crippen molar-refractivity contribution in [2.75, 3.05) is 5.43 Å². The largest absolute Gasteiger partial charge is 0.456 e. The molecular weight excluding hydrogens is 305 g/mol. The molecule has 0 unspecified atom stereocenters. The van der Waals surface area contributed by atoms with E-state index in [-0.39, 0.29) is 6.07 Å². The first kappa shape index (κ1) is 16.5. The molecule has 11 heteroatoms. The van der Waals surface area contributed by atoms with Crippen molar-refractivity contribution in [3.05, 3.63) is 33.9 Å². The van der Waals surface area contributed by atoms with E-state index in [9.17, 15) is 36.9 Å². The van der Waals surface area contributed by atoms with Crippen molar-refractivity contribution >= 4 is 22.9 Å². The molecule has 1 rings (SSSR count). The SMILES string of the molecule is CC(=NNc1cc(F)c([N+](=O)[O-])cc1F)C(=O)C(F)(F)F. The molecule has 0 radical (unpaired) electrons. The van der Waals surface area contributed by atoms with Gasteiger partial charge >= 0.3 is 11.9 Å². The van der Waals surface area contributed by atoms with Gasteiger partial charge in [-0.1, -0.05) is 0 Å². The fraction of sp³-hybridized carbons (Fsp3) is 0.200. The number of hydrazone groups is 1. The minimum absolute atomic E-state index is 0.230. The zero-order valence-electron chi connectivity index (χ0n) is 10.2. The van der Waals surface area contributed by atoms with Gasteiger partial charge in [0.15, 0.2) is 5.82 Å². The van der Waals surface area contributed by atoms with Crippen LogP contribution in [-0.2, 0) is 4.79 Å². The third-order valence-corrected chi connectivity index (χ3v) is 2.16. The number of nitrogens with one attached hydrogen (secondary N) is 1. The summed E-state index contributed by atoms with van der Waals surface area (Å²) in [5, 5.41) is 13.3. The number of rotatable bonds is 4. The Kier molecular flexibility index (Phi) is 4.55. The molecule has 0 saturated carbocycles. The Morgan fingerprint density at radius 2 is 1.86 bits per heavy atom. The van der Waals surface area contributed by atoms with E-state index in [4.69, 9.17) is 0 Å². The van der Waals surface area contributed by atoms with Crippen LogP contribution in [-0.4, -0.2) is 22.6 Å². The summed E-state index contributed by atoms with van der Waals surface area (Å²) in [5.74, 6) is -5.00. The van der Waals surface area contributed by atoms with Crippen LogP contribution in [0.4, 0.5) is 33.3 Å². The van der Waals surface area contributed by atoms with Crippen LogP contribution in [0.3, 0.4) is 0 Å². The van der Waals surface area contributed by atoms with Gasteiger partial charge in [-0.2, -0.15) is 22.7 Å². The fourth-order valence-corrected chi connectivity index (χ4v) is 1.16. The molecule has 0 amide bonds. The van der Waals surface area contributed by atoms with Crippen molar-refractivity contribution in [1.29, 1.82) is 0 Å². The number of carbonyl (C=O) groups excluding carboxylic acids is 1. The van der Waals surface area contributed by atoms with Gasteiger partial charge in [-0.15, -0.1) is 0 Å². The van der Waals surface area contributed by atoms with Crippen LogP contribution >= 0.6 is 0 Å². The Morgan fingerprint density at radius 1 is 1.29 bits per heavy atom. The number of ketones is 1. The van der Waals surface area contributed by atoms with Gasteiger partial charge in [-0.25, -0.2) is 4.39 Å². The number of nitrogens with zero attached hydrogens (tertiary/aromatic N) is 2. The first-order valence-electron chi connectivity index (χ1n) is 5.09. The van der Waals surface area contributed by atoms with Crippen LogP contribution in [0.15, 0.2) is 17.2 Å². The molecule has 1 aromatic rings. The Labute approximate surface area is 113 Å². The highest BCUT2D eigenvalue weighted by molar-refractivity contribution is 6.41. The molecule has 0 spiro atoms. The summed E-state index contributed by atoms with van der Waals surface area (Å²) in [6, 6.07) is 0.566. The van der Waals surface area contributed by atoms with Crippen molar-refractivity contribution in [2.45, 2.75) is 13.1 Å². The highest BCUT2D eigenvalue weighted by Gasteiger charge is 2.40. The average Bonchev–Trinajstić information content (AvgIpc) is 2.36. The number of hydrogen-bond acceptors (Lipinski definition) is 5. The summed E-state index contributed by atoms with van der Waals surface area (Å²) in [4.78, 5) is 19.9. The molecule has 1 aromatic carbocycles. The standard InChI is InChI=1S/C10H6F5N3O3/c1-4(9(19)10(13,14)15)16-17-7-2-6(12)8(18(20)21)3-5(7)11/h2-3,17H,1H3. The maximum Gasteiger partial charge on any atom is 0.456 e. The molecular formula is C10H6F5N3O3. The smallest absolute Gasteiger partial charge is 0.283 e. The zero-order chi connectivity index (χ0) is 16.4. The van der Waals surface area contributed by atoms with Crippen LogP contribution in [0, 0.1) is 21.7 Å². The number of Topliss-reactive ketones (excluding diaryl/α,β-unsaturated/α-hetero) is 1. The predicted octanol–water partition coefficient (Wildman–Crippen LogP) is 2.79. The second kappa shape index (κ2) is 5.81. The lowest BCUT2D eigenvalue weighted by atomic mass is 10.2. The number of alkyl halides is 3. The van der Waals surface area contributed by atoms with Crippen LogP contribution in [0.5, 0.6) is 0 Å². The molecule has 1 N–H and O–H groups in total. The lowest BCUT2D eigenvalue weighted by Crippen LogP contribution is -2.29. The lowest BCUT2D eigenvalue weighted by molar-refractivity contribution is -0.387. The van der Waals surface area contributed by atoms with Crippen molar-refractivity contribution in [3.8, 4) is 0 Å². The van der Waals surface area contributed by atoms with E-state index in [1.807, 2.05) is 0 Å². The maximum absolute atomic E-state index is 13.4. The average molecular weight is 311 g/mol. The van der Waals surface area contributed by atoms with E-state index >= 15 is 0 Å². The molecule has 0 saturated heterocycles. The number of halogens is 5. The summed E-state index contributed by atoms with van der Waals surface area (Å²) >= 11 is 0. The summed E-state index contributed by atoms with van der Waals surface area (Å²) in [6.45, 7) is 0.711. The van der Waals surface area contributed by atoms with E-state index in [0.29, 0.717) is 13.0 Å². The predicted molar refractivity (Wildman–Crippen MR) is 60.8 cm³/mol. The maximum atomic E-state index is 13.4. The lowest BCUT2D eigenvalue weighted by Gasteiger charge is -2.06. The molecule has 0 atom stereocenters. The molecule has 0 aliphatic carbocycles. The van der Waals surface area contributed by atoms with Gasteiger partial charge in [0.05, 0.1) is 16.7 Å². The number of hydrogen-bond donors (Lipinski definition) is 1. The Balaban J connectivity index is 3.02. The fourth-order valence-electron chi connectivity index (χ4n) is 1.16. The van der Waals surface area contributed by atoms with Gasteiger partial charge in [0, 0.05) is 6.07 Å². The van der Waals surface area contributed by atoms with Gasteiger partial charge in [0.1, 0.15) is 5.71 Å². The third kappa shape index (κ3) is 3.94. The van der Waals surface area contributed by atoms with Gasteiger partial charge < -0.3 is 0 Å². The monoisotopic (exact) mass is 311 g/mol. The van der Waals surface area contributed by atoms with Crippen molar-refractivity contribution < 1.29 is 31.7 Å². The number of nitro benzene ring substituents is 1. The van der Waals surface area contributed by atoms with E-state index in [1.54, 1.807) is 5.43 Å². The van der Waals surface area contributed by atoms with Crippen molar-refractivity contribution in [2.24, 2.45) is 5.10 Å². The Hall–Kier alpha value is -2.59. The molecule has 0 aliphatic rings. The quantitative estimate of drug-likeness (QED) is 0.401. The van der Waals surface area contributed by atoms with Crippen LogP contribution < -0.4 is 5.43 Å². The first-order chi connectivity index (χ1) is 9.54. The third-order valence-electron chi connectivity index (χ3n) is 2.16. The number of nitro groups is 1. The summed E-state index contributed by atoms with van der Waals surface area (Å²) < 4.78 is 62.7. The van der Waals surface area contributed by atoms with Crippen LogP contribution in [0.25, 0.3) is 0 Å². The van der Waals surface area contributed by atoms with Gasteiger partial charge in [-0.05, 0) is 6.92 Å². The number of anilines is 1. The minimum atomic E-state index is -5.16. The number of carbonyl (C=O) groups is 1. The highest BCUT2D eigenvalue weighted by Crippen LogP contribution is 2.25. The second-order valence-electron chi connectivity index (χ2n) is 3.68. The van der Waals surface area contributed by atoms with E-state index in [1.165, 1.54) is 0 Å². The highest BCUT2D eigenvalue weighted by atomic mass is 19.4. The molecule has 0 aromatic heterocycles. The normalized spacial score (nSPS) is 12.2. The van der Waals surface area contributed by atoms with Crippen LogP contribution in [0.1, 0.15) is 6.92 Å². The summed E-state index contributed by atoms with van der Waals surface area (Å²) in [5.41, 5.74) is -1.24. The van der Waals surface area contributed by atoms with E-state index < -0.39 is 45.6 Å². The molecule has 0 heterocycles. The molecule has 0 aliphatic heterocycles. The topological polar surface area (TPSA) is 84.6 Å². The Bertz CT molecular complexity index is 627. The van der Waals surface area contributed by atoms with Gasteiger partial charge in [0.2, 0.25) is 5.82 Å². The number of benzene rings is 1. The van der Waals surface area contributed by atoms with Crippen molar-refractivity contribution in [3.63, 3.8) is 0 Å². The van der Waals surface area contributed by atoms with E-state index in [0.717, 1.165) is 0 Å². The molecule has 6 nitrogen and oxygen atoms in total. The first-order valence-corrected chi connectivity index (χ1v) is 5.09. The summed E-state index contributed by atoms with van der Waals surface area (Å²) in [7, 11) is 0. The molecule has 21 heavy (non-hydrogen) atoms. The van der Waals surface area contributed by atoms with Gasteiger partial charge in [-0.3, -0.25) is 20.3 Å². The zero-order valence-corrected chi connectivity index (χ0v) is 10.2. The van der Waals surface area contributed by atoms with Crippen molar-refractivity contribution in [1.82, 2.24) is 0 Å². The Morgan fingerprint density at radius 3 is 2.33 bits per heavy atom. The van der Waals surface area contributed by atoms with E-state index in [2.05, 4.69) is 5.10 Å².